The molecule has 0 aliphatic heterocycles. The number of allylic oxidation sites excluding steroid dienone is 4. The van der Waals surface area contributed by atoms with Crippen molar-refractivity contribution in [3.05, 3.63) is 86.6 Å². The van der Waals surface area contributed by atoms with Crippen LogP contribution in [0.5, 0.6) is 0 Å². The zero-order valence-electron chi connectivity index (χ0n) is 12.9. The molecule has 0 amide bonds. The van der Waals surface area contributed by atoms with Crippen LogP contribution in [0.15, 0.2) is 54.6 Å². The van der Waals surface area contributed by atoms with E-state index >= 15 is 0 Å². The zero-order valence-corrected chi connectivity index (χ0v) is 15.4. The van der Waals surface area contributed by atoms with Gasteiger partial charge in [-0.1, -0.05) is 70.5 Å². The van der Waals surface area contributed by atoms with E-state index in [4.69, 9.17) is 0 Å². The van der Waals surface area contributed by atoms with Crippen LogP contribution in [0, 0.1) is 10.4 Å². The quantitative estimate of drug-likeness (QED) is 0.583. The van der Waals surface area contributed by atoms with Gasteiger partial charge in [0.2, 0.25) is 0 Å². The van der Waals surface area contributed by atoms with Crippen LogP contribution < -0.4 is 10.4 Å². The molecule has 22 heavy (non-hydrogen) atoms. The fraction of sp³-hybridized carbons (Fsp3) is 0.143. The minimum Gasteiger partial charge on any atom is -0.123 e. The molecule has 0 saturated heterocycles. The van der Waals surface area contributed by atoms with Gasteiger partial charge in [0.05, 0.1) is 0 Å². The Kier molecular flexibility index (Phi) is 4.19. The normalized spacial score (nSPS) is 13.8. The van der Waals surface area contributed by atoms with Crippen LogP contribution in [0.25, 0.3) is 17.2 Å². The van der Waals surface area contributed by atoms with E-state index in [9.17, 15) is 0 Å². The molecule has 0 N–H and O–H groups in total. The summed E-state index contributed by atoms with van der Waals surface area (Å²) in [5, 5.41) is 5.19. The molecule has 0 atom stereocenters. The first kappa shape index (κ1) is 15.4. The van der Waals surface area contributed by atoms with Crippen LogP contribution in [0.4, 0.5) is 0 Å². The van der Waals surface area contributed by atoms with E-state index in [1.807, 2.05) is 0 Å². The fourth-order valence-electron chi connectivity index (χ4n) is 3.30. The number of rotatable bonds is 1. The van der Waals surface area contributed by atoms with Gasteiger partial charge in [-0.25, -0.2) is 0 Å². The van der Waals surface area contributed by atoms with E-state index in [1.165, 1.54) is 43.1 Å². The van der Waals surface area contributed by atoms with Crippen molar-refractivity contribution in [3.63, 3.8) is 0 Å². The van der Waals surface area contributed by atoms with Crippen LogP contribution >= 0.6 is 0 Å². The number of benzene rings is 2. The fourth-order valence-corrected chi connectivity index (χ4v) is 3.30. The van der Waals surface area contributed by atoms with E-state index in [0.717, 1.165) is 6.42 Å². The Balaban J connectivity index is 0.00000144. The molecule has 1 heteroatoms. The van der Waals surface area contributed by atoms with Gasteiger partial charge in [-0.15, -0.1) is 33.4 Å². The summed E-state index contributed by atoms with van der Waals surface area (Å²) in [4.78, 5) is 0. The van der Waals surface area contributed by atoms with E-state index in [-0.39, 0.29) is 26.2 Å². The second-order valence-electron chi connectivity index (χ2n) is 5.91. The van der Waals surface area contributed by atoms with Crippen molar-refractivity contribution < 1.29 is 26.2 Å². The summed E-state index contributed by atoms with van der Waals surface area (Å²) in [5.41, 5.74) is 5.40. The first-order valence-electron chi connectivity index (χ1n) is 7.46. The minimum atomic E-state index is 0. The molecule has 0 heterocycles. The third kappa shape index (κ3) is 2.33. The SMILES string of the molecule is CC(C)=c1ccc2c(c1C1=CC=CC1)[C-]=c1ccccc1=2.[Zr]. The maximum Gasteiger partial charge on any atom is 0 e. The minimum absolute atomic E-state index is 0. The predicted octanol–water partition coefficient (Wildman–Crippen LogP) is 3.52. The van der Waals surface area contributed by atoms with Crippen LogP contribution in [0.2, 0.25) is 0 Å². The zero-order chi connectivity index (χ0) is 14.4. The van der Waals surface area contributed by atoms with Gasteiger partial charge in [0, 0.05) is 26.2 Å². The summed E-state index contributed by atoms with van der Waals surface area (Å²) in [6.07, 6.45) is 11.3. The Labute approximate surface area is 150 Å². The Morgan fingerprint density at radius 2 is 1.82 bits per heavy atom. The van der Waals surface area contributed by atoms with Gasteiger partial charge in [0.25, 0.3) is 0 Å². The third-order valence-corrected chi connectivity index (χ3v) is 4.31. The molecule has 4 rings (SSSR count). The molecule has 0 nitrogen and oxygen atoms in total. The van der Waals surface area contributed by atoms with Gasteiger partial charge in [0.15, 0.2) is 0 Å². The van der Waals surface area contributed by atoms with Crippen molar-refractivity contribution >= 4 is 17.2 Å². The number of hydrogen-bond acceptors (Lipinski definition) is 0. The largest absolute Gasteiger partial charge is 0.123 e. The molecule has 106 valence electrons. The number of fused-ring (bicyclic) bond motifs is 2. The average Bonchev–Trinajstić information content (AvgIpc) is 3.13. The van der Waals surface area contributed by atoms with Gasteiger partial charge in [-0.05, 0) is 20.3 Å². The summed E-state index contributed by atoms with van der Waals surface area (Å²) < 4.78 is 0. The molecule has 0 unspecified atom stereocenters. The summed E-state index contributed by atoms with van der Waals surface area (Å²) in [7, 11) is 0. The summed E-state index contributed by atoms with van der Waals surface area (Å²) in [5.74, 6) is 0. The molecule has 2 aromatic carbocycles. The Morgan fingerprint density at radius 3 is 2.55 bits per heavy atom. The molecular formula is C21H17Zr-. The second-order valence-corrected chi connectivity index (χ2v) is 5.91. The topological polar surface area (TPSA) is 0 Å². The molecule has 2 aliphatic rings. The Hall–Kier alpha value is -1.46. The summed E-state index contributed by atoms with van der Waals surface area (Å²) >= 11 is 0. The van der Waals surface area contributed by atoms with Crippen molar-refractivity contribution in [2.45, 2.75) is 20.3 Å². The molecule has 0 aromatic heterocycles. The van der Waals surface area contributed by atoms with E-state index < -0.39 is 0 Å². The average molecular weight is 361 g/mol. The van der Waals surface area contributed by atoms with Gasteiger partial charge >= 0.3 is 0 Å². The molecule has 2 aliphatic carbocycles. The van der Waals surface area contributed by atoms with Crippen molar-refractivity contribution in [1.82, 2.24) is 0 Å². The molecule has 2 aromatic rings. The second kappa shape index (κ2) is 5.97. The van der Waals surface area contributed by atoms with Crippen molar-refractivity contribution in [2.75, 3.05) is 0 Å². The molecule has 0 radical (unpaired) electrons. The third-order valence-electron chi connectivity index (χ3n) is 4.31. The Morgan fingerprint density at radius 1 is 1.00 bits per heavy atom. The van der Waals surface area contributed by atoms with Crippen molar-refractivity contribution in [2.24, 2.45) is 0 Å². The predicted molar refractivity (Wildman–Crippen MR) is 88.8 cm³/mol. The number of hydrogen-bond donors (Lipinski definition) is 0. The van der Waals surface area contributed by atoms with Crippen LogP contribution in [-0.2, 0) is 26.2 Å². The van der Waals surface area contributed by atoms with Gasteiger partial charge in [-0.2, -0.15) is 0 Å². The molecule has 0 fully saturated rings. The van der Waals surface area contributed by atoms with Crippen molar-refractivity contribution in [1.29, 1.82) is 0 Å². The summed E-state index contributed by atoms with van der Waals surface area (Å²) in [6.45, 7) is 4.38. The standard InChI is InChI=1S/C21H17.Zr/c1-14(2)17-11-12-19-18-10-6-5-9-16(18)13-20(19)21(17)15-7-3-4-8-15;/h3-7,9-12H,8H2,1-2H3;/q-1;. The first-order valence-corrected chi connectivity index (χ1v) is 7.46. The van der Waals surface area contributed by atoms with Gasteiger partial charge in [0.1, 0.15) is 0 Å². The van der Waals surface area contributed by atoms with Gasteiger partial charge < -0.3 is 0 Å². The smallest absolute Gasteiger partial charge is 0 e. The van der Waals surface area contributed by atoms with Crippen molar-refractivity contribution in [3.8, 4) is 0 Å². The maximum absolute atomic E-state index is 3.64. The molecule has 0 spiro atoms. The monoisotopic (exact) mass is 359 g/mol. The molecule has 0 saturated carbocycles. The molecular weight excluding hydrogens is 343 g/mol. The first-order chi connectivity index (χ1) is 10.3. The van der Waals surface area contributed by atoms with Crippen LogP contribution in [-0.4, -0.2) is 0 Å². The molecule has 0 bridgehead atoms. The van der Waals surface area contributed by atoms with Gasteiger partial charge in [-0.3, -0.25) is 0 Å². The van der Waals surface area contributed by atoms with E-state index in [2.05, 4.69) is 74.5 Å². The van der Waals surface area contributed by atoms with Crippen LogP contribution in [0.3, 0.4) is 0 Å². The maximum atomic E-state index is 3.64. The van der Waals surface area contributed by atoms with E-state index in [1.54, 1.807) is 0 Å². The van der Waals surface area contributed by atoms with Crippen LogP contribution in [0.1, 0.15) is 31.4 Å². The van der Waals surface area contributed by atoms with E-state index in [0.29, 0.717) is 0 Å². The summed E-state index contributed by atoms with van der Waals surface area (Å²) in [6, 6.07) is 13.1. The Bertz CT molecular complexity index is 1020.